The molecule has 0 radical (unpaired) electrons. The summed E-state index contributed by atoms with van der Waals surface area (Å²) in [4.78, 5) is 43.1. The number of amides is 1. The topological polar surface area (TPSA) is 89.2 Å². The number of rotatable bonds is 1. The lowest BCUT2D eigenvalue weighted by atomic mass is 10.0. The Morgan fingerprint density at radius 1 is 1.12 bits per heavy atom. The molecule has 24 heavy (non-hydrogen) atoms. The molecule has 1 amide bonds. The fourth-order valence-corrected chi connectivity index (χ4v) is 3.76. The van der Waals surface area contributed by atoms with Gasteiger partial charge in [-0.2, -0.15) is 0 Å². The molecular formula is C16H19N5O3. The molecule has 2 fully saturated rings. The van der Waals surface area contributed by atoms with Crippen LogP contribution in [0.15, 0.2) is 21.7 Å². The third-order valence-electron chi connectivity index (χ3n) is 5.20. The number of fused-ring (bicyclic) bond motifs is 2. The highest BCUT2D eigenvalue weighted by atomic mass is 16.2. The van der Waals surface area contributed by atoms with Crippen LogP contribution in [0.1, 0.15) is 10.5 Å². The standard InChI is InChI=1S/C16H19N5O3/c1-19-13-11(14(22)20(2)16(19)24)3-4-12(18-13)15(23)21-7-9-5-17-6-10(9)8-21/h3-4,9-10,17H,5-8H2,1-2H3/t9-,10+. The van der Waals surface area contributed by atoms with Gasteiger partial charge >= 0.3 is 5.69 Å². The summed E-state index contributed by atoms with van der Waals surface area (Å²) < 4.78 is 2.34. The summed E-state index contributed by atoms with van der Waals surface area (Å²) in [6.07, 6.45) is 0. The maximum atomic E-state index is 12.7. The van der Waals surface area contributed by atoms with Gasteiger partial charge in [-0.3, -0.25) is 18.7 Å². The van der Waals surface area contributed by atoms with E-state index in [4.69, 9.17) is 0 Å². The van der Waals surface area contributed by atoms with E-state index in [1.165, 1.54) is 11.6 Å². The Hall–Kier alpha value is -2.48. The maximum absolute atomic E-state index is 12.7. The SMILES string of the molecule is Cn1c(=O)c2ccc(C(=O)N3C[C@H]4CNC[C@H]4C3)nc2n(C)c1=O. The Morgan fingerprint density at radius 3 is 2.46 bits per heavy atom. The van der Waals surface area contributed by atoms with Crippen LogP contribution in [-0.4, -0.2) is 51.1 Å². The molecule has 8 heteroatoms. The molecule has 126 valence electrons. The highest BCUT2D eigenvalue weighted by Crippen LogP contribution is 2.27. The van der Waals surface area contributed by atoms with E-state index in [1.807, 2.05) is 4.90 Å². The summed E-state index contributed by atoms with van der Waals surface area (Å²) in [5.41, 5.74) is -0.332. The number of nitrogens with zero attached hydrogens (tertiary/aromatic N) is 4. The lowest BCUT2D eigenvalue weighted by molar-refractivity contribution is 0.0776. The molecule has 0 unspecified atom stereocenters. The van der Waals surface area contributed by atoms with Crippen LogP contribution >= 0.6 is 0 Å². The molecule has 4 rings (SSSR count). The van der Waals surface area contributed by atoms with Crippen molar-refractivity contribution < 1.29 is 4.79 Å². The number of carbonyl (C=O) groups excluding carboxylic acids is 1. The molecule has 2 atom stereocenters. The second kappa shape index (κ2) is 5.27. The van der Waals surface area contributed by atoms with Crippen molar-refractivity contribution >= 4 is 16.9 Å². The largest absolute Gasteiger partial charge is 0.337 e. The van der Waals surface area contributed by atoms with Gasteiger partial charge in [0, 0.05) is 40.3 Å². The predicted octanol–water partition coefficient (Wildman–Crippen LogP) is -1.08. The van der Waals surface area contributed by atoms with E-state index in [2.05, 4.69) is 10.3 Å². The number of nitrogens with one attached hydrogen (secondary N) is 1. The number of hydrogen-bond acceptors (Lipinski definition) is 5. The Bertz CT molecular complexity index is 949. The zero-order valence-corrected chi connectivity index (χ0v) is 13.7. The first-order valence-corrected chi connectivity index (χ1v) is 8.04. The molecule has 0 saturated carbocycles. The first-order valence-electron chi connectivity index (χ1n) is 8.04. The van der Waals surface area contributed by atoms with Crippen LogP contribution in [0.2, 0.25) is 0 Å². The molecule has 2 aromatic rings. The molecule has 8 nitrogen and oxygen atoms in total. The first-order chi connectivity index (χ1) is 11.5. The van der Waals surface area contributed by atoms with E-state index in [-0.39, 0.29) is 17.2 Å². The lowest BCUT2D eigenvalue weighted by Crippen LogP contribution is -2.38. The van der Waals surface area contributed by atoms with Crippen molar-refractivity contribution in [3.05, 3.63) is 38.7 Å². The summed E-state index contributed by atoms with van der Waals surface area (Å²) in [6, 6.07) is 3.15. The molecule has 0 spiro atoms. The molecule has 2 aliphatic rings. The van der Waals surface area contributed by atoms with Crippen LogP contribution in [0.4, 0.5) is 0 Å². The minimum absolute atomic E-state index is 0.139. The second-order valence-electron chi connectivity index (χ2n) is 6.66. The van der Waals surface area contributed by atoms with Crippen LogP contribution in [-0.2, 0) is 14.1 Å². The average Bonchev–Trinajstić information content (AvgIpc) is 3.18. The van der Waals surface area contributed by atoms with Crippen LogP contribution in [0.5, 0.6) is 0 Å². The average molecular weight is 329 g/mol. The molecule has 2 aliphatic heterocycles. The van der Waals surface area contributed by atoms with Crippen molar-refractivity contribution in [2.24, 2.45) is 25.9 Å². The van der Waals surface area contributed by atoms with Gasteiger partial charge in [-0.05, 0) is 24.0 Å². The van der Waals surface area contributed by atoms with Gasteiger partial charge in [-0.1, -0.05) is 0 Å². The van der Waals surface area contributed by atoms with Crippen molar-refractivity contribution in [1.82, 2.24) is 24.3 Å². The van der Waals surface area contributed by atoms with E-state index in [1.54, 1.807) is 19.2 Å². The molecule has 0 bridgehead atoms. The summed E-state index contributed by atoms with van der Waals surface area (Å²) in [6.45, 7) is 3.35. The van der Waals surface area contributed by atoms with Gasteiger partial charge in [0.05, 0.1) is 5.39 Å². The van der Waals surface area contributed by atoms with E-state index in [9.17, 15) is 14.4 Å². The number of likely N-dealkylation sites (tertiary alicyclic amines) is 1. The van der Waals surface area contributed by atoms with Crippen molar-refractivity contribution in [2.45, 2.75) is 0 Å². The lowest BCUT2D eigenvalue weighted by Gasteiger charge is -2.17. The highest BCUT2D eigenvalue weighted by Gasteiger charge is 2.38. The summed E-state index contributed by atoms with van der Waals surface area (Å²) in [5, 5.41) is 3.68. The van der Waals surface area contributed by atoms with Crippen LogP contribution in [0.25, 0.3) is 11.0 Å². The molecule has 0 aromatic carbocycles. The molecule has 0 aliphatic carbocycles. The third kappa shape index (κ3) is 2.10. The summed E-state index contributed by atoms with van der Waals surface area (Å²) >= 11 is 0. The number of hydrogen-bond donors (Lipinski definition) is 1. The molecule has 4 heterocycles. The van der Waals surface area contributed by atoms with E-state index in [0.29, 0.717) is 17.2 Å². The van der Waals surface area contributed by atoms with Gasteiger partial charge < -0.3 is 10.2 Å². The van der Waals surface area contributed by atoms with Gasteiger partial charge in [0.2, 0.25) is 0 Å². The number of aromatic nitrogens is 3. The first kappa shape index (κ1) is 15.1. The van der Waals surface area contributed by atoms with Gasteiger partial charge in [0.1, 0.15) is 11.3 Å². The van der Waals surface area contributed by atoms with Gasteiger partial charge in [-0.15, -0.1) is 0 Å². The molecular weight excluding hydrogens is 310 g/mol. The monoisotopic (exact) mass is 329 g/mol. The fraction of sp³-hybridized carbons (Fsp3) is 0.500. The number of aryl methyl sites for hydroxylation is 1. The number of carbonyl (C=O) groups is 1. The quantitative estimate of drug-likeness (QED) is 0.719. The van der Waals surface area contributed by atoms with E-state index < -0.39 is 11.2 Å². The summed E-state index contributed by atoms with van der Waals surface area (Å²) in [7, 11) is 2.98. The Kier molecular flexibility index (Phi) is 3.31. The Labute approximate surface area is 137 Å². The van der Waals surface area contributed by atoms with Gasteiger partial charge in [0.15, 0.2) is 0 Å². The minimum atomic E-state index is -0.452. The Balaban J connectivity index is 1.74. The summed E-state index contributed by atoms with van der Waals surface area (Å²) in [5.74, 6) is 0.872. The van der Waals surface area contributed by atoms with Crippen LogP contribution in [0, 0.1) is 11.8 Å². The number of pyridine rings is 1. The zero-order chi connectivity index (χ0) is 17.0. The van der Waals surface area contributed by atoms with Crippen molar-refractivity contribution in [1.29, 1.82) is 0 Å². The Morgan fingerprint density at radius 2 is 1.79 bits per heavy atom. The zero-order valence-electron chi connectivity index (χ0n) is 13.7. The molecule has 2 aromatic heterocycles. The molecule has 2 saturated heterocycles. The maximum Gasteiger partial charge on any atom is 0.332 e. The minimum Gasteiger partial charge on any atom is -0.337 e. The van der Waals surface area contributed by atoms with Crippen LogP contribution in [0.3, 0.4) is 0 Å². The predicted molar refractivity (Wildman–Crippen MR) is 88.0 cm³/mol. The van der Waals surface area contributed by atoms with Crippen molar-refractivity contribution in [3.8, 4) is 0 Å². The van der Waals surface area contributed by atoms with E-state index >= 15 is 0 Å². The van der Waals surface area contributed by atoms with Gasteiger partial charge in [0.25, 0.3) is 11.5 Å². The van der Waals surface area contributed by atoms with Crippen molar-refractivity contribution in [2.75, 3.05) is 26.2 Å². The normalized spacial score (nSPS) is 23.0. The second-order valence-corrected chi connectivity index (χ2v) is 6.66. The van der Waals surface area contributed by atoms with Crippen molar-refractivity contribution in [3.63, 3.8) is 0 Å². The van der Waals surface area contributed by atoms with Gasteiger partial charge in [-0.25, -0.2) is 9.78 Å². The smallest absolute Gasteiger partial charge is 0.332 e. The van der Waals surface area contributed by atoms with Crippen LogP contribution < -0.4 is 16.6 Å². The molecule has 1 N–H and O–H groups in total. The third-order valence-corrected chi connectivity index (χ3v) is 5.20. The fourth-order valence-electron chi connectivity index (χ4n) is 3.76. The van der Waals surface area contributed by atoms with E-state index in [0.717, 1.165) is 30.7 Å². The highest BCUT2D eigenvalue weighted by molar-refractivity contribution is 5.94.